The summed E-state index contributed by atoms with van der Waals surface area (Å²) in [7, 11) is 1.68. The summed E-state index contributed by atoms with van der Waals surface area (Å²) in [5.74, 6) is 5.33. The Bertz CT molecular complexity index is 1210. The van der Waals surface area contributed by atoms with Crippen LogP contribution >= 0.6 is 0 Å². The molecule has 2 aliphatic rings. The van der Waals surface area contributed by atoms with Crippen molar-refractivity contribution in [3.05, 3.63) is 82.8 Å². The van der Waals surface area contributed by atoms with E-state index in [0.29, 0.717) is 17.8 Å². The number of carbonyl (C=O) groups is 1. The van der Waals surface area contributed by atoms with Gasteiger partial charge in [-0.25, -0.2) is 10.6 Å². The van der Waals surface area contributed by atoms with Crippen LogP contribution in [-0.4, -0.2) is 46.9 Å². The average molecular weight is 505 g/mol. The molecule has 0 amide bonds. The van der Waals surface area contributed by atoms with E-state index in [1.54, 1.807) is 13.2 Å². The number of nitrogens with zero attached hydrogens (tertiary/aromatic N) is 2. The second kappa shape index (κ2) is 11.5. The van der Waals surface area contributed by atoms with Crippen molar-refractivity contribution in [3.8, 4) is 5.75 Å². The summed E-state index contributed by atoms with van der Waals surface area (Å²) in [6, 6.07) is 16.1. The third-order valence-electron chi connectivity index (χ3n) is 6.80. The van der Waals surface area contributed by atoms with Gasteiger partial charge in [-0.1, -0.05) is 37.3 Å². The number of nitrogens with two attached hydrogens (primary N) is 2. The lowest BCUT2D eigenvalue weighted by atomic mass is 10.1. The summed E-state index contributed by atoms with van der Waals surface area (Å²) in [5, 5.41) is 22.2. The summed E-state index contributed by atoms with van der Waals surface area (Å²) in [6.45, 7) is 4.47. The van der Waals surface area contributed by atoms with Crippen molar-refractivity contribution in [2.45, 2.75) is 39.0 Å². The molecular weight excluding hydrogens is 468 g/mol. The smallest absolute Gasteiger partial charge is 0.339 e. The van der Waals surface area contributed by atoms with Gasteiger partial charge in [-0.05, 0) is 36.6 Å². The maximum Gasteiger partial charge on any atom is 0.339 e. The third kappa shape index (κ3) is 6.49. The van der Waals surface area contributed by atoms with E-state index in [0.717, 1.165) is 49.3 Å². The highest BCUT2D eigenvalue weighted by atomic mass is 16.5. The van der Waals surface area contributed by atoms with Crippen LogP contribution in [0.3, 0.4) is 0 Å². The fourth-order valence-electron chi connectivity index (χ4n) is 4.88. The predicted molar refractivity (Wildman–Crippen MR) is 145 cm³/mol. The van der Waals surface area contributed by atoms with Crippen molar-refractivity contribution in [1.29, 1.82) is 5.41 Å². The highest BCUT2D eigenvalue weighted by Gasteiger charge is 2.44. The highest BCUT2D eigenvalue weighted by molar-refractivity contribution is 6.09. The zero-order chi connectivity index (χ0) is 26.5. The minimum Gasteiger partial charge on any atom is -0.489 e. The fraction of sp³-hybridized carbons (Fsp3) is 0.357. The molecule has 196 valence electrons. The van der Waals surface area contributed by atoms with Crippen molar-refractivity contribution in [1.82, 2.24) is 9.91 Å². The molecule has 37 heavy (non-hydrogen) atoms. The number of rotatable bonds is 10. The minimum atomic E-state index is -1.15. The van der Waals surface area contributed by atoms with Crippen LogP contribution in [0, 0.1) is 17.2 Å². The van der Waals surface area contributed by atoms with Crippen LogP contribution in [-0.2, 0) is 17.9 Å². The third-order valence-corrected chi connectivity index (χ3v) is 6.80. The standard InChI is InChI=1S/C28H36N6O3/c1-3-21-16-34(15-19-8-4-5-10-26(19)37-21)14-18-7-6-9-20(11-18)32-27(24(13-29)28(35)36)23-12-22(23)25(30)17-33(2)31/h4-11,13,17,21-23,29,32H,3,12,14-16,30-31H2,1-2H3,(H,35,36)/b25-17-,27-24+,29-13?/t21-,22?,23-/m1/s1. The lowest BCUT2D eigenvalue weighted by Gasteiger charge is -2.23. The predicted octanol–water partition coefficient (Wildman–Crippen LogP) is 3.50. The van der Waals surface area contributed by atoms with Crippen molar-refractivity contribution in [2.75, 3.05) is 18.9 Å². The molecule has 3 atom stereocenters. The first-order valence-corrected chi connectivity index (χ1v) is 12.5. The number of hydrogen-bond acceptors (Lipinski definition) is 8. The maximum atomic E-state index is 11.9. The Labute approximate surface area is 217 Å². The van der Waals surface area contributed by atoms with E-state index in [4.69, 9.17) is 21.7 Å². The second-order valence-electron chi connectivity index (χ2n) is 9.77. The minimum absolute atomic E-state index is 0.0332. The Morgan fingerprint density at radius 2 is 2.05 bits per heavy atom. The van der Waals surface area contributed by atoms with Gasteiger partial charge in [-0.15, -0.1) is 0 Å². The topological polar surface area (TPSA) is 141 Å². The number of para-hydroxylation sites is 1. The van der Waals surface area contributed by atoms with Crippen molar-refractivity contribution < 1.29 is 14.6 Å². The summed E-state index contributed by atoms with van der Waals surface area (Å²) < 4.78 is 6.24. The SMILES string of the molecule is CC[C@@H]1CN(Cc2cccc(N/C(=C(\C=N)C(=O)O)[C@@H]3CC3/C(N)=C/N(C)N)c2)Cc2ccccc2O1. The first kappa shape index (κ1) is 26.2. The number of carboxylic acid groups (broad SMARTS) is 1. The van der Waals surface area contributed by atoms with Crippen LogP contribution in [0.4, 0.5) is 5.69 Å². The van der Waals surface area contributed by atoms with Crippen molar-refractivity contribution >= 4 is 17.9 Å². The molecule has 0 bridgehead atoms. The Kier molecular flexibility index (Phi) is 8.15. The lowest BCUT2D eigenvalue weighted by Crippen LogP contribution is -2.32. The summed E-state index contributed by atoms with van der Waals surface area (Å²) in [6.07, 6.45) is 4.25. The number of ether oxygens (including phenoxy) is 1. The zero-order valence-electron chi connectivity index (χ0n) is 21.4. The van der Waals surface area contributed by atoms with Gasteiger partial charge in [0.1, 0.15) is 11.9 Å². The molecule has 9 heteroatoms. The van der Waals surface area contributed by atoms with Crippen molar-refractivity contribution in [2.24, 2.45) is 23.4 Å². The molecule has 1 unspecified atom stereocenters. The summed E-state index contributed by atoms with van der Waals surface area (Å²) >= 11 is 0. The fourth-order valence-corrected chi connectivity index (χ4v) is 4.88. The van der Waals surface area contributed by atoms with E-state index in [1.807, 2.05) is 36.4 Å². The molecule has 0 radical (unpaired) electrons. The van der Waals surface area contributed by atoms with Gasteiger partial charge < -0.3 is 31.3 Å². The molecule has 0 saturated heterocycles. The largest absolute Gasteiger partial charge is 0.489 e. The van der Waals surface area contributed by atoms with Gasteiger partial charge in [0.05, 0.1) is 5.57 Å². The Balaban J connectivity index is 1.55. The van der Waals surface area contributed by atoms with E-state index in [2.05, 4.69) is 29.3 Å². The normalized spacial score (nSPS) is 22.1. The number of nitrogens with one attached hydrogen (secondary N) is 2. The Morgan fingerprint density at radius 3 is 2.76 bits per heavy atom. The van der Waals surface area contributed by atoms with Crippen LogP contribution in [0.2, 0.25) is 0 Å². The lowest BCUT2D eigenvalue weighted by molar-refractivity contribution is -0.132. The van der Waals surface area contributed by atoms with Gasteiger partial charge in [0, 0.05) is 73.6 Å². The number of carboxylic acids is 1. The van der Waals surface area contributed by atoms with E-state index in [1.165, 1.54) is 10.6 Å². The number of benzene rings is 2. The molecule has 1 aliphatic carbocycles. The van der Waals surface area contributed by atoms with Gasteiger partial charge in [-0.3, -0.25) is 4.90 Å². The van der Waals surface area contributed by atoms with Gasteiger partial charge in [0.2, 0.25) is 0 Å². The van der Waals surface area contributed by atoms with Gasteiger partial charge >= 0.3 is 5.97 Å². The van der Waals surface area contributed by atoms with Crippen molar-refractivity contribution in [3.63, 3.8) is 0 Å². The highest BCUT2D eigenvalue weighted by Crippen LogP contribution is 2.48. The first-order valence-electron chi connectivity index (χ1n) is 12.5. The molecule has 0 spiro atoms. The molecular formula is C28H36N6O3. The van der Waals surface area contributed by atoms with E-state index in [9.17, 15) is 9.90 Å². The number of aliphatic carboxylic acids is 1. The van der Waals surface area contributed by atoms with E-state index in [-0.39, 0.29) is 23.5 Å². The van der Waals surface area contributed by atoms with Gasteiger partial charge in [0.15, 0.2) is 0 Å². The molecule has 4 rings (SSSR count). The second-order valence-corrected chi connectivity index (χ2v) is 9.77. The molecule has 0 aromatic heterocycles. The molecule has 1 aliphatic heterocycles. The maximum absolute atomic E-state index is 11.9. The quantitative estimate of drug-likeness (QED) is 0.143. The Morgan fingerprint density at radius 1 is 1.27 bits per heavy atom. The number of hydrogen-bond donors (Lipinski definition) is 5. The first-order chi connectivity index (χ1) is 17.8. The van der Waals surface area contributed by atoms with Crippen LogP contribution in [0.15, 0.2) is 71.7 Å². The number of hydrazine groups is 1. The van der Waals surface area contributed by atoms with E-state index >= 15 is 0 Å². The average Bonchev–Trinajstić information content (AvgIpc) is 3.66. The Hall–Kier alpha value is -3.82. The molecule has 9 nitrogen and oxygen atoms in total. The van der Waals surface area contributed by atoms with E-state index < -0.39 is 5.97 Å². The number of anilines is 1. The van der Waals surface area contributed by atoms with Gasteiger partial charge in [-0.2, -0.15) is 0 Å². The molecule has 1 saturated carbocycles. The summed E-state index contributed by atoms with van der Waals surface area (Å²) in [5.41, 5.74) is 10.2. The summed E-state index contributed by atoms with van der Waals surface area (Å²) in [4.78, 5) is 14.3. The number of fused-ring (bicyclic) bond motifs is 1. The van der Waals surface area contributed by atoms with Gasteiger partial charge in [0.25, 0.3) is 0 Å². The zero-order valence-corrected chi connectivity index (χ0v) is 21.4. The molecule has 1 fully saturated rings. The van der Waals surface area contributed by atoms with Crippen LogP contribution < -0.4 is 21.6 Å². The molecule has 2 aromatic rings. The molecule has 1 heterocycles. The number of allylic oxidation sites excluding steroid dienone is 2. The monoisotopic (exact) mass is 504 g/mol. The van der Waals surface area contributed by atoms with Crippen LogP contribution in [0.1, 0.15) is 30.9 Å². The van der Waals surface area contributed by atoms with Crippen LogP contribution in [0.5, 0.6) is 5.75 Å². The molecule has 2 aromatic carbocycles. The molecule has 7 N–H and O–H groups in total. The van der Waals surface area contributed by atoms with Crippen LogP contribution in [0.25, 0.3) is 0 Å².